The summed E-state index contributed by atoms with van der Waals surface area (Å²) in [5.74, 6) is 0.997. The molecule has 1 aliphatic rings. The van der Waals surface area contributed by atoms with Gasteiger partial charge in [-0.2, -0.15) is 0 Å². The van der Waals surface area contributed by atoms with Crippen LogP contribution in [0.4, 0.5) is 11.4 Å². The van der Waals surface area contributed by atoms with E-state index < -0.39 is 21.4 Å². The average molecular weight is 497 g/mol. The zero-order valence-corrected chi connectivity index (χ0v) is 20.0. The van der Waals surface area contributed by atoms with Crippen LogP contribution in [0.3, 0.4) is 0 Å². The van der Waals surface area contributed by atoms with E-state index in [1.54, 1.807) is 48.5 Å². The van der Waals surface area contributed by atoms with E-state index in [2.05, 4.69) is 20.9 Å². The van der Waals surface area contributed by atoms with Crippen LogP contribution in [0.1, 0.15) is 18.9 Å². The number of carbonyl (C=O) groups excluding carboxylic acids is 1. The van der Waals surface area contributed by atoms with Crippen LogP contribution in [0.5, 0.6) is 11.5 Å². The van der Waals surface area contributed by atoms with Gasteiger partial charge in [-0.3, -0.25) is 9.52 Å². The lowest BCUT2D eigenvalue weighted by atomic mass is 10.2. The van der Waals surface area contributed by atoms with Gasteiger partial charge in [0.1, 0.15) is 29.5 Å². The first-order valence-electron chi connectivity index (χ1n) is 11.3. The molecule has 10 heteroatoms. The molecule has 4 rings (SSSR count). The van der Waals surface area contributed by atoms with Crippen molar-refractivity contribution in [2.24, 2.45) is 0 Å². The Morgan fingerprint density at radius 1 is 0.886 bits per heavy atom. The van der Waals surface area contributed by atoms with E-state index in [1.165, 1.54) is 0 Å². The molecule has 0 saturated carbocycles. The van der Waals surface area contributed by atoms with Crippen molar-refractivity contribution in [3.63, 3.8) is 0 Å². The average Bonchev–Trinajstić information content (AvgIpc) is 3.37. The summed E-state index contributed by atoms with van der Waals surface area (Å²) >= 11 is 0. The first-order chi connectivity index (χ1) is 16.9. The maximum absolute atomic E-state index is 12.8. The molecular weight excluding hydrogens is 468 g/mol. The molecule has 184 valence electrons. The van der Waals surface area contributed by atoms with Crippen LogP contribution in [0.15, 0.2) is 78.9 Å². The van der Waals surface area contributed by atoms with Gasteiger partial charge >= 0.3 is 0 Å². The van der Waals surface area contributed by atoms with Gasteiger partial charge in [0.2, 0.25) is 15.9 Å². The molecule has 0 radical (unpaired) electrons. The molecule has 1 heterocycles. The maximum atomic E-state index is 12.8. The lowest BCUT2D eigenvalue weighted by Gasteiger charge is -2.14. The van der Waals surface area contributed by atoms with Gasteiger partial charge in [-0.1, -0.05) is 30.3 Å². The fourth-order valence-electron chi connectivity index (χ4n) is 3.53. The molecule has 2 atom stereocenters. The summed E-state index contributed by atoms with van der Waals surface area (Å²) in [6.07, 6.45) is 0.0659. The molecule has 1 aliphatic heterocycles. The number of carbonyl (C=O) groups is 1. The standard InChI is InChI=1S/C25H28N4O5S/c1-2-33-21-14-10-20(11-15-21)29-35(31,32)24-16-23(27-28-24)25(30)26-19-8-12-22(13-9-19)34-17-18-6-4-3-5-7-18/h3-15,23-24,27-29H,2,16-17H2,1H3,(H,26,30). The maximum Gasteiger partial charge on any atom is 0.250 e. The van der Waals surface area contributed by atoms with Crippen LogP contribution in [-0.2, 0) is 21.4 Å². The number of benzene rings is 3. The number of hydrogen-bond donors (Lipinski definition) is 4. The van der Waals surface area contributed by atoms with Crippen molar-refractivity contribution in [1.29, 1.82) is 0 Å². The summed E-state index contributed by atoms with van der Waals surface area (Å²) in [5, 5.41) is 1.83. The minimum absolute atomic E-state index is 0.0659. The number of hydrogen-bond acceptors (Lipinski definition) is 7. The van der Waals surface area contributed by atoms with Crippen LogP contribution < -0.4 is 30.4 Å². The molecule has 1 saturated heterocycles. The molecule has 2 unspecified atom stereocenters. The Bertz CT molecular complexity index is 1220. The smallest absolute Gasteiger partial charge is 0.250 e. The van der Waals surface area contributed by atoms with Crippen LogP contribution in [0.2, 0.25) is 0 Å². The van der Waals surface area contributed by atoms with Crippen LogP contribution in [-0.4, -0.2) is 32.3 Å². The fraction of sp³-hybridized carbons (Fsp3) is 0.240. The molecule has 35 heavy (non-hydrogen) atoms. The molecule has 4 N–H and O–H groups in total. The number of anilines is 2. The molecule has 1 fully saturated rings. The highest BCUT2D eigenvalue weighted by Crippen LogP contribution is 2.21. The lowest BCUT2D eigenvalue weighted by Crippen LogP contribution is -2.42. The van der Waals surface area contributed by atoms with Crippen molar-refractivity contribution in [2.75, 3.05) is 16.6 Å². The predicted molar refractivity (Wildman–Crippen MR) is 134 cm³/mol. The van der Waals surface area contributed by atoms with Gasteiger partial charge in [0.25, 0.3) is 0 Å². The summed E-state index contributed by atoms with van der Waals surface area (Å²) in [6.45, 7) is 2.85. The second-order valence-corrected chi connectivity index (χ2v) is 9.82. The topological polar surface area (TPSA) is 118 Å². The summed E-state index contributed by atoms with van der Waals surface area (Å²) in [4.78, 5) is 12.7. The summed E-state index contributed by atoms with van der Waals surface area (Å²) < 4.78 is 39.2. The third kappa shape index (κ3) is 6.72. The number of hydrazine groups is 1. The second kappa shape index (κ2) is 11.2. The third-order valence-corrected chi connectivity index (χ3v) is 6.93. The Labute approximate surface area is 204 Å². The van der Waals surface area contributed by atoms with Crippen LogP contribution in [0.25, 0.3) is 0 Å². The molecule has 0 aliphatic carbocycles. The minimum Gasteiger partial charge on any atom is -0.494 e. The third-order valence-electron chi connectivity index (χ3n) is 5.35. The SMILES string of the molecule is CCOc1ccc(NS(=O)(=O)C2CC(C(=O)Nc3ccc(OCc4ccccc4)cc3)NN2)cc1. The van der Waals surface area contributed by atoms with Crippen molar-refractivity contribution in [1.82, 2.24) is 10.9 Å². The van der Waals surface area contributed by atoms with Gasteiger partial charge in [-0.05, 0) is 61.0 Å². The quantitative estimate of drug-likeness (QED) is 0.340. The van der Waals surface area contributed by atoms with E-state index in [-0.39, 0.29) is 12.3 Å². The molecule has 0 aromatic heterocycles. The first-order valence-corrected chi connectivity index (χ1v) is 12.8. The lowest BCUT2D eigenvalue weighted by molar-refractivity contribution is -0.117. The largest absolute Gasteiger partial charge is 0.494 e. The van der Waals surface area contributed by atoms with Crippen molar-refractivity contribution in [3.05, 3.63) is 84.4 Å². The molecule has 0 spiro atoms. The van der Waals surface area contributed by atoms with Gasteiger partial charge in [-0.15, -0.1) is 0 Å². The van der Waals surface area contributed by atoms with E-state index in [4.69, 9.17) is 9.47 Å². The Kier molecular flexibility index (Phi) is 7.86. The minimum atomic E-state index is -3.77. The number of sulfonamides is 1. The van der Waals surface area contributed by atoms with Crippen molar-refractivity contribution in [2.45, 2.75) is 31.4 Å². The summed E-state index contributed by atoms with van der Waals surface area (Å²) in [6, 6.07) is 22.8. The monoisotopic (exact) mass is 496 g/mol. The number of ether oxygens (including phenoxy) is 2. The van der Waals surface area contributed by atoms with Gasteiger partial charge in [0, 0.05) is 17.8 Å². The highest BCUT2D eigenvalue weighted by molar-refractivity contribution is 7.93. The number of nitrogens with one attached hydrogen (secondary N) is 4. The Balaban J connectivity index is 1.27. The van der Waals surface area contributed by atoms with E-state index in [9.17, 15) is 13.2 Å². The van der Waals surface area contributed by atoms with E-state index in [1.807, 2.05) is 37.3 Å². The zero-order chi connectivity index (χ0) is 24.7. The van der Waals surface area contributed by atoms with Crippen LogP contribution in [0, 0.1) is 0 Å². The van der Waals surface area contributed by atoms with Gasteiger partial charge < -0.3 is 14.8 Å². The normalized spacial score (nSPS) is 17.5. The molecular formula is C25H28N4O5S. The Hall–Kier alpha value is -3.60. The first kappa shape index (κ1) is 24.5. The van der Waals surface area contributed by atoms with E-state index in [0.717, 1.165) is 5.56 Å². The highest BCUT2D eigenvalue weighted by Gasteiger charge is 2.37. The highest BCUT2D eigenvalue weighted by atomic mass is 32.2. The van der Waals surface area contributed by atoms with Gasteiger partial charge in [-0.25, -0.2) is 19.3 Å². The number of rotatable bonds is 10. The van der Waals surface area contributed by atoms with Gasteiger partial charge in [0.05, 0.1) is 6.61 Å². The van der Waals surface area contributed by atoms with E-state index >= 15 is 0 Å². The summed E-state index contributed by atoms with van der Waals surface area (Å²) in [7, 11) is -3.77. The zero-order valence-electron chi connectivity index (χ0n) is 19.2. The number of amides is 1. The fourth-order valence-corrected chi connectivity index (χ4v) is 4.80. The molecule has 1 amide bonds. The molecule has 3 aromatic rings. The summed E-state index contributed by atoms with van der Waals surface area (Å²) in [5.41, 5.74) is 7.53. The predicted octanol–water partition coefficient (Wildman–Crippen LogP) is 3.24. The second-order valence-electron chi connectivity index (χ2n) is 7.96. The molecule has 0 bridgehead atoms. The van der Waals surface area contributed by atoms with E-state index in [0.29, 0.717) is 36.1 Å². The van der Waals surface area contributed by atoms with Crippen LogP contribution >= 0.6 is 0 Å². The Morgan fingerprint density at radius 2 is 1.51 bits per heavy atom. The van der Waals surface area contributed by atoms with Crippen molar-refractivity contribution < 1.29 is 22.7 Å². The van der Waals surface area contributed by atoms with Crippen molar-refractivity contribution >= 4 is 27.3 Å². The molecule has 3 aromatic carbocycles. The Morgan fingerprint density at radius 3 is 2.17 bits per heavy atom. The van der Waals surface area contributed by atoms with Crippen molar-refractivity contribution in [3.8, 4) is 11.5 Å². The van der Waals surface area contributed by atoms with Gasteiger partial charge in [0.15, 0.2) is 0 Å². The molecule has 9 nitrogen and oxygen atoms in total.